The normalized spacial score (nSPS) is 11.0. The molecule has 0 atom stereocenters. The number of amides is 1. The van der Waals surface area contributed by atoms with Crippen LogP contribution in [0.2, 0.25) is 0 Å². The maximum atomic E-state index is 12.9. The molecule has 4 rings (SSSR count). The van der Waals surface area contributed by atoms with Gasteiger partial charge in [-0.05, 0) is 36.4 Å². The van der Waals surface area contributed by atoms with Gasteiger partial charge in [-0.2, -0.15) is 0 Å². The fourth-order valence-corrected chi connectivity index (χ4v) is 2.73. The van der Waals surface area contributed by atoms with Crippen molar-refractivity contribution in [1.82, 2.24) is 10.1 Å². The van der Waals surface area contributed by atoms with Crippen molar-refractivity contribution in [2.75, 3.05) is 0 Å². The van der Waals surface area contributed by atoms with E-state index >= 15 is 0 Å². The number of fused-ring (bicyclic) bond motifs is 1. The van der Waals surface area contributed by atoms with Crippen LogP contribution in [0.3, 0.4) is 0 Å². The maximum absolute atomic E-state index is 12.9. The molecule has 0 fully saturated rings. The Morgan fingerprint density at radius 3 is 2.24 bits per heavy atom. The van der Waals surface area contributed by atoms with Gasteiger partial charge in [0, 0.05) is 5.39 Å². The number of benzene rings is 1. The first-order valence-electron chi connectivity index (χ1n) is 7.95. The van der Waals surface area contributed by atoms with Crippen LogP contribution in [0.5, 0.6) is 0 Å². The van der Waals surface area contributed by atoms with Crippen LogP contribution < -0.4 is 0 Å². The van der Waals surface area contributed by atoms with Crippen molar-refractivity contribution in [2.24, 2.45) is 0 Å². The van der Waals surface area contributed by atoms with Crippen molar-refractivity contribution in [1.29, 1.82) is 0 Å². The topological polar surface area (TPSA) is 72.6 Å². The zero-order valence-electron chi connectivity index (χ0n) is 13.4. The third kappa shape index (κ3) is 3.33. The molecule has 0 radical (unpaired) electrons. The Kier molecular flexibility index (Phi) is 4.08. The van der Waals surface area contributed by atoms with E-state index in [1.54, 1.807) is 29.6 Å². The highest BCUT2D eigenvalue weighted by molar-refractivity contribution is 5.86. The van der Waals surface area contributed by atoms with E-state index in [0.717, 1.165) is 5.39 Å². The number of rotatable bonds is 6. The molecule has 0 unspecified atom stereocenters. The predicted molar refractivity (Wildman–Crippen MR) is 89.4 cm³/mol. The molecular formula is C19H16N2O4. The average Bonchev–Trinajstić information content (AvgIpc) is 3.37. The highest BCUT2D eigenvalue weighted by Crippen LogP contribution is 2.20. The quantitative estimate of drug-likeness (QED) is 0.536. The van der Waals surface area contributed by atoms with Crippen LogP contribution >= 0.6 is 0 Å². The predicted octanol–water partition coefficient (Wildman–Crippen LogP) is 3.79. The van der Waals surface area contributed by atoms with Crippen molar-refractivity contribution >= 4 is 16.9 Å². The van der Waals surface area contributed by atoms with Crippen molar-refractivity contribution in [3.63, 3.8) is 0 Å². The van der Waals surface area contributed by atoms with Gasteiger partial charge in [-0.15, -0.1) is 0 Å². The standard InChI is InChI=1S/C19H16N2O4/c22-19(11-17-16-7-1-2-8-18(16)25-20-17)21(12-14-5-3-9-23-14)13-15-6-4-10-24-15/h1-10H,11-13H2. The molecule has 0 saturated heterocycles. The molecule has 25 heavy (non-hydrogen) atoms. The highest BCUT2D eigenvalue weighted by atomic mass is 16.5. The van der Waals surface area contributed by atoms with E-state index in [-0.39, 0.29) is 12.3 Å². The molecular weight excluding hydrogens is 320 g/mol. The molecule has 126 valence electrons. The summed E-state index contributed by atoms with van der Waals surface area (Å²) in [5.41, 5.74) is 1.30. The Bertz CT molecular complexity index is 918. The van der Waals surface area contributed by atoms with E-state index in [2.05, 4.69) is 5.16 Å². The minimum absolute atomic E-state index is 0.0770. The van der Waals surface area contributed by atoms with Crippen LogP contribution in [0.1, 0.15) is 17.2 Å². The maximum Gasteiger partial charge on any atom is 0.229 e. The number of carbonyl (C=O) groups is 1. The molecule has 3 aromatic heterocycles. The van der Waals surface area contributed by atoms with Crippen molar-refractivity contribution in [2.45, 2.75) is 19.5 Å². The lowest BCUT2D eigenvalue weighted by molar-refractivity contribution is -0.132. The number of hydrogen-bond acceptors (Lipinski definition) is 5. The fourth-order valence-electron chi connectivity index (χ4n) is 2.73. The lowest BCUT2D eigenvalue weighted by Crippen LogP contribution is -2.31. The molecule has 6 nitrogen and oxygen atoms in total. The summed E-state index contributed by atoms with van der Waals surface area (Å²) in [5.74, 6) is 1.35. The monoisotopic (exact) mass is 336 g/mol. The molecule has 3 heterocycles. The second-order valence-corrected chi connectivity index (χ2v) is 5.71. The first-order chi connectivity index (χ1) is 12.3. The molecule has 1 aromatic carbocycles. The smallest absolute Gasteiger partial charge is 0.229 e. The van der Waals surface area contributed by atoms with Gasteiger partial charge >= 0.3 is 0 Å². The minimum atomic E-state index is -0.0770. The summed E-state index contributed by atoms with van der Waals surface area (Å²) >= 11 is 0. The highest BCUT2D eigenvalue weighted by Gasteiger charge is 2.20. The molecule has 1 amide bonds. The van der Waals surface area contributed by atoms with E-state index in [9.17, 15) is 4.79 Å². The van der Waals surface area contributed by atoms with Gasteiger partial charge in [0.1, 0.15) is 17.2 Å². The van der Waals surface area contributed by atoms with Crippen LogP contribution in [0.4, 0.5) is 0 Å². The molecule has 0 spiro atoms. The number of carbonyl (C=O) groups excluding carboxylic acids is 1. The van der Waals surface area contributed by atoms with Gasteiger partial charge in [0.2, 0.25) is 5.91 Å². The fraction of sp³-hybridized carbons (Fsp3) is 0.158. The summed E-state index contributed by atoms with van der Waals surface area (Å²) in [6.45, 7) is 0.727. The zero-order valence-corrected chi connectivity index (χ0v) is 13.4. The summed E-state index contributed by atoms with van der Waals surface area (Å²) in [6, 6.07) is 14.8. The third-order valence-corrected chi connectivity index (χ3v) is 3.98. The van der Waals surface area contributed by atoms with Crippen LogP contribution in [0.25, 0.3) is 11.0 Å². The molecule has 0 aliphatic heterocycles. The van der Waals surface area contributed by atoms with E-state index < -0.39 is 0 Å². The molecule has 4 aromatic rings. The van der Waals surface area contributed by atoms with Crippen LogP contribution in [-0.2, 0) is 24.3 Å². The summed E-state index contributed by atoms with van der Waals surface area (Å²) in [4.78, 5) is 14.5. The summed E-state index contributed by atoms with van der Waals surface area (Å²) in [7, 11) is 0. The Balaban J connectivity index is 1.56. The number of aromatic nitrogens is 1. The van der Waals surface area contributed by atoms with Crippen LogP contribution in [0.15, 0.2) is 74.4 Å². The lowest BCUT2D eigenvalue weighted by atomic mass is 10.1. The molecule has 0 saturated carbocycles. The summed E-state index contributed by atoms with van der Waals surface area (Å²) < 4.78 is 16.0. The lowest BCUT2D eigenvalue weighted by Gasteiger charge is -2.20. The van der Waals surface area contributed by atoms with Gasteiger partial charge in [-0.25, -0.2) is 0 Å². The third-order valence-electron chi connectivity index (χ3n) is 3.98. The molecule has 6 heteroatoms. The number of hydrogen-bond donors (Lipinski definition) is 0. The van der Waals surface area contributed by atoms with Gasteiger partial charge in [0.25, 0.3) is 0 Å². The Morgan fingerprint density at radius 2 is 1.60 bits per heavy atom. The van der Waals surface area contributed by atoms with Gasteiger partial charge in [-0.1, -0.05) is 17.3 Å². The van der Waals surface area contributed by atoms with Crippen molar-refractivity contribution in [3.05, 3.63) is 78.3 Å². The van der Waals surface area contributed by atoms with Crippen molar-refractivity contribution < 1.29 is 18.2 Å². The summed E-state index contributed by atoms with van der Waals surface area (Å²) in [5, 5.41) is 4.90. The second-order valence-electron chi connectivity index (χ2n) is 5.71. The van der Waals surface area contributed by atoms with Crippen molar-refractivity contribution in [3.8, 4) is 0 Å². The molecule has 0 aliphatic carbocycles. The second kappa shape index (κ2) is 6.68. The van der Waals surface area contributed by atoms with Gasteiger partial charge in [0.15, 0.2) is 5.58 Å². The van der Waals surface area contributed by atoms with Crippen LogP contribution in [-0.4, -0.2) is 16.0 Å². The number of para-hydroxylation sites is 1. The SMILES string of the molecule is O=C(Cc1noc2ccccc12)N(Cc1ccco1)Cc1ccco1. The van der Waals surface area contributed by atoms with Crippen LogP contribution in [0, 0.1) is 0 Å². The molecule has 0 aliphatic rings. The first-order valence-corrected chi connectivity index (χ1v) is 7.95. The summed E-state index contributed by atoms with van der Waals surface area (Å²) in [6.07, 6.45) is 3.34. The Labute approximate surface area is 143 Å². The largest absolute Gasteiger partial charge is 0.467 e. The molecule has 0 bridgehead atoms. The van der Waals surface area contributed by atoms with Gasteiger partial charge < -0.3 is 18.3 Å². The van der Waals surface area contributed by atoms with E-state index in [4.69, 9.17) is 13.4 Å². The van der Waals surface area contributed by atoms with E-state index in [1.807, 2.05) is 36.4 Å². The van der Waals surface area contributed by atoms with Gasteiger partial charge in [-0.3, -0.25) is 4.79 Å². The zero-order chi connectivity index (χ0) is 17.1. The number of nitrogens with zero attached hydrogens (tertiary/aromatic N) is 2. The first kappa shape index (κ1) is 15.3. The van der Waals surface area contributed by atoms with Gasteiger partial charge in [0.05, 0.1) is 32.0 Å². The Hall–Kier alpha value is -3.28. The number of furan rings is 2. The minimum Gasteiger partial charge on any atom is -0.467 e. The van der Waals surface area contributed by atoms with E-state index in [0.29, 0.717) is 35.9 Å². The van der Waals surface area contributed by atoms with E-state index in [1.165, 1.54) is 0 Å². The molecule has 0 N–H and O–H groups in total. The Morgan fingerprint density at radius 1 is 0.920 bits per heavy atom. The average molecular weight is 336 g/mol.